The number of likely N-dealkylation sites (tertiary alicyclic amines) is 2. The van der Waals surface area contributed by atoms with Crippen LogP contribution in [0.5, 0.6) is 0 Å². The van der Waals surface area contributed by atoms with Gasteiger partial charge in [-0.3, -0.25) is 9.69 Å². The van der Waals surface area contributed by atoms with Gasteiger partial charge in [-0.2, -0.15) is 0 Å². The second kappa shape index (κ2) is 7.53. The monoisotopic (exact) mass is 317 g/mol. The summed E-state index contributed by atoms with van der Waals surface area (Å²) in [5.41, 5.74) is 8.48. The molecule has 2 saturated heterocycles. The molecule has 7 nitrogen and oxygen atoms in total. The van der Waals surface area contributed by atoms with Gasteiger partial charge in [-0.15, -0.1) is 0 Å². The van der Waals surface area contributed by atoms with Gasteiger partial charge < -0.3 is 9.32 Å². The zero-order valence-electron chi connectivity index (χ0n) is 13.4. The number of hydrogen-bond donors (Lipinski definition) is 0. The molecule has 0 aliphatic carbocycles. The smallest absolute Gasteiger partial charge is 0.289 e. The Kier molecular flexibility index (Phi) is 5.20. The molecule has 3 heterocycles. The minimum Gasteiger partial charge on any atom is -0.455 e. The van der Waals surface area contributed by atoms with E-state index in [-0.39, 0.29) is 11.9 Å². The third-order valence-corrected chi connectivity index (χ3v) is 4.67. The van der Waals surface area contributed by atoms with Crippen molar-refractivity contribution in [2.24, 2.45) is 5.11 Å². The Hall–Kier alpha value is -1.98. The summed E-state index contributed by atoms with van der Waals surface area (Å²) in [6, 6.07) is 3.81. The number of azide groups is 1. The zero-order chi connectivity index (χ0) is 16.1. The van der Waals surface area contributed by atoms with Gasteiger partial charge in [0.15, 0.2) is 5.76 Å². The lowest BCUT2D eigenvalue weighted by molar-refractivity contribution is 0.0687. The fraction of sp³-hybridized carbons (Fsp3) is 0.688. The highest BCUT2D eigenvalue weighted by atomic mass is 16.4. The SMILES string of the molecule is [N-]=[N+]=NC1CCN(Cc2ccc(C(=O)N3CCCCC3)o2)CC1. The molecule has 0 unspecified atom stereocenters. The maximum absolute atomic E-state index is 12.4. The first-order valence-electron chi connectivity index (χ1n) is 8.41. The van der Waals surface area contributed by atoms with Gasteiger partial charge in [-0.05, 0) is 62.9 Å². The molecule has 2 aliphatic rings. The average molecular weight is 317 g/mol. The van der Waals surface area contributed by atoms with Crippen molar-refractivity contribution in [2.75, 3.05) is 26.2 Å². The quantitative estimate of drug-likeness (QED) is 0.485. The summed E-state index contributed by atoms with van der Waals surface area (Å²) in [5, 5.41) is 3.78. The molecule has 3 rings (SSSR count). The standard InChI is InChI=1S/C16H23N5O2/c17-19-18-13-6-10-20(11-7-13)12-14-4-5-15(23-14)16(22)21-8-2-1-3-9-21/h4-5,13H,1-3,6-12H2. The molecule has 23 heavy (non-hydrogen) atoms. The van der Waals surface area contributed by atoms with Crippen molar-refractivity contribution in [1.29, 1.82) is 0 Å². The van der Waals surface area contributed by atoms with E-state index in [0.717, 1.165) is 57.6 Å². The molecule has 0 spiro atoms. The van der Waals surface area contributed by atoms with Gasteiger partial charge in [0.05, 0.1) is 6.54 Å². The van der Waals surface area contributed by atoms with Crippen molar-refractivity contribution in [3.8, 4) is 0 Å². The molecule has 124 valence electrons. The maximum atomic E-state index is 12.4. The van der Waals surface area contributed by atoms with Gasteiger partial charge in [0.25, 0.3) is 5.91 Å². The molecule has 0 aromatic carbocycles. The number of carbonyl (C=O) groups is 1. The maximum Gasteiger partial charge on any atom is 0.289 e. The van der Waals surface area contributed by atoms with Crippen LogP contribution in [0.2, 0.25) is 0 Å². The normalized spacial score (nSPS) is 20.3. The predicted molar refractivity (Wildman–Crippen MR) is 85.9 cm³/mol. The van der Waals surface area contributed by atoms with E-state index < -0.39 is 0 Å². The summed E-state index contributed by atoms with van der Waals surface area (Å²) in [6.45, 7) is 4.15. The summed E-state index contributed by atoms with van der Waals surface area (Å²) in [4.78, 5) is 19.4. The van der Waals surface area contributed by atoms with E-state index in [1.165, 1.54) is 6.42 Å². The molecular formula is C16H23N5O2. The molecule has 0 N–H and O–H groups in total. The Bertz CT molecular complexity index is 579. The molecule has 1 amide bonds. The summed E-state index contributed by atoms with van der Waals surface area (Å²) in [7, 11) is 0. The van der Waals surface area contributed by atoms with Crippen molar-refractivity contribution in [1.82, 2.24) is 9.80 Å². The molecule has 0 atom stereocenters. The number of nitrogens with zero attached hydrogens (tertiary/aromatic N) is 5. The topological polar surface area (TPSA) is 85.5 Å². The lowest BCUT2D eigenvalue weighted by atomic mass is 10.1. The highest BCUT2D eigenvalue weighted by Crippen LogP contribution is 2.19. The van der Waals surface area contributed by atoms with Crippen LogP contribution in [0, 0.1) is 0 Å². The first kappa shape index (κ1) is 15.9. The van der Waals surface area contributed by atoms with Crippen molar-refractivity contribution in [3.63, 3.8) is 0 Å². The average Bonchev–Trinajstić information content (AvgIpc) is 3.05. The highest BCUT2D eigenvalue weighted by Gasteiger charge is 2.23. The second-order valence-electron chi connectivity index (χ2n) is 6.33. The van der Waals surface area contributed by atoms with Crippen molar-refractivity contribution in [2.45, 2.75) is 44.7 Å². The van der Waals surface area contributed by atoms with Crippen molar-refractivity contribution < 1.29 is 9.21 Å². The highest BCUT2D eigenvalue weighted by molar-refractivity contribution is 5.91. The third-order valence-electron chi connectivity index (χ3n) is 4.67. The van der Waals surface area contributed by atoms with Crippen LogP contribution >= 0.6 is 0 Å². The number of hydrogen-bond acceptors (Lipinski definition) is 4. The first-order chi connectivity index (χ1) is 11.3. The second-order valence-corrected chi connectivity index (χ2v) is 6.33. The number of carbonyl (C=O) groups excluding carboxylic acids is 1. The van der Waals surface area contributed by atoms with Crippen LogP contribution in [0.25, 0.3) is 10.4 Å². The van der Waals surface area contributed by atoms with Crippen LogP contribution in [-0.4, -0.2) is 47.9 Å². The molecular weight excluding hydrogens is 294 g/mol. The van der Waals surface area contributed by atoms with Crippen LogP contribution in [0.3, 0.4) is 0 Å². The molecule has 1 aromatic rings. The Morgan fingerprint density at radius 1 is 1.22 bits per heavy atom. The molecule has 7 heteroatoms. The van der Waals surface area contributed by atoms with Gasteiger partial charge >= 0.3 is 0 Å². The minimum atomic E-state index is 0.0121. The fourth-order valence-electron chi connectivity index (χ4n) is 3.32. The van der Waals surface area contributed by atoms with Crippen LogP contribution in [0.1, 0.15) is 48.4 Å². The van der Waals surface area contributed by atoms with E-state index in [4.69, 9.17) is 9.95 Å². The first-order valence-corrected chi connectivity index (χ1v) is 8.41. The summed E-state index contributed by atoms with van der Waals surface area (Å²) in [5.74, 6) is 1.29. The number of rotatable bonds is 4. The molecule has 0 saturated carbocycles. The molecule has 0 bridgehead atoms. The lowest BCUT2D eigenvalue weighted by Gasteiger charge is -2.29. The summed E-state index contributed by atoms with van der Waals surface area (Å²) >= 11 is 0. The zero-order valence-corrected chi connectivity index (χ0v) is 13.4. The van der Waals surface area contributed by atoms with Gasteiger partial charge in [0.1, 0.15) is 5.76 Å². The predicted octanol–water partition coefficient (Wildman–Crippen LogP) is 3.18. The summed E-state index contributed by atoms with van der Waals surface area (Å²) < 4.78 is 5.76. The van der Waals surface area contributed by atoms with E-state index in [1.807, 2.05) is 11.0 Å². The Balaban J connectivity index is 1.53. The molecule has 1 aromatic heterocycles. The Morgan fingerprint density at radius 2 is 1.96 bits per heavy atom. The minimum absolute atomic E-state index is 0.0121. The van der Waals surface area contributed by atoms with Crippen molar-refractivity contribution >= 4 is 5.91 Å². The van der Waals surface area contributed by atoms with E-state index in [1.54, 1.807) is 6.07 Å². The van der Waals surface area contributed by atoms with Gasteiger partial charge in [-0.25, -0.2) is 0 Å². The van der Waals surface area contributed by atoms with Crippen molar-refractivity contribution in [3.05, 3.63) is 34.1 Å². The van der Waals surface area contributed by atoms with Gasteiger partial charge in [-0.1, -0.05) is 5.11 Å². The van der Waals surface area contributed by atoms with Crippen LogP contribution in [0.4, 0.5) is 0 Å². The van der Waals surface area contributed by atoms with E-state index >= 15 is 0 Å². The van der Waals surface area contributed by atoms with Gasteiger partial charge in [0, 0.05) is 24.0 Å². The van der Waals surface area contributed by atoms with Crippen LogP contribution < -0.4 is 0 Å². The van der Waals surface area contributed by atoms with Crippen LogP contribution in [0.15, 0.2) is 21.7 Å². The van der Waals surface area contributed by atoms with Crippen LogP contribution in [-0.2, 0) is 6.54 Å². The number of amides is 1. The van der Waals surface area contributed by atoms with Gasteiger partial charge in [0.2, 0.25) is 0 Å². The van der Waals surface area contributed by atoms with E-state index in [0.29, 0.717) is 12.3 Å². The Morgan fingerprint density at radius 3 is 2.65 bits per heavy atom. The fourth-order valence-corrected chi connectivity index (χ4v) is 3.32. The third kappa shape index (κ3) is 4.06. The molecule has 2 aliphatic heterocycles. The lowest BCUT2D eigenvalue weighted by Crippen LogP contribution is -2.35. The molecule has 0 radical (unpaired) electrons. The Labute approximate surface area is 135 Å². The van der Waals surface area contributed by atoms with E-state index in [9.17, 15) is 4.79 Å². The largest absolute Gasteiger partial charge is 0.455 e. The van der Waals surface area contributed by atoms with E-state index in [2.05, 4.69) is 14.9 Å². The number of piperidine rings is 2. The summed E-state index contributed by atoms with van der Waals surface area (Å²) in [6.07, 6.45) is 5.13. The number of furan rings is 1. The molecule has 2 fully saturated rings.